The molecule has 1 amide bonds. The first-order valence-electron chi connectivity index (χ1n) is 9.52. The van der Waals surface area contributed by atoms with Crippen molar-refractivity contribution in [1.29, 1.82) is 0 Å². The molecule has 1 fully saturated rings. The number of hydrogen-bond acceptors (Lipinski definition) is 6. The van der Waals surface area contributed by atoms with Gasteiger partial charge in [-0.25, -0.2) is 0 Å². The van der Waals surface area contributed by atoms with Crippen molar-refractivity contribution < 1.29 is 9.72 Å². The number of pyridine rings is 1. The van der Waals surface area contributed by atoms with Gasteiger partial charge in [0.05, 0.1) is 10.4 Å². The van der Waals surface area contributed by atoms with E-state index in [-0.39, 0.29) is 16.4 Å². The van der Waals surface area contributed by atoms with Gasteiger partial charge in [0, 0.05) is 42.0 Å². The molecule has 2 heterocycles. The molecule has 0 spiro atoms. The second-order valence-electron chi connectivity index (χ2n) is 6.94. The fourth-order valence-corrected chi connectivity index (χ4v) is 3.78. The van der Waals surface area contributed by atoms with Crippen LogP contribution in [0.5, 0.6) is 0 Å². The van der Waals surface area contributed by atoms with Crippen LogP contribution in [0.1, 0.15) is 23.2 Å². The van der Waals surface area contributed by atoms with Gasteiger partial charge in [0.1, 0.15) is 5.69 Å². The van der Waals surface area contributed by atoms with Crippen molar-refractivity contribution >= 4 is 51.2 Å². The Hall–Kier alpha value is -3.59. The van der Waals surface area contributed by atoms with E-state index < -0.39 is 10.8 Å². The monoisotopic (exact) mass is 421 g/mol. The van der Waals surface area contributed by atoms with Gasteiger partial charge in [-0.15, -0.1) is 0 Å². The molecule has 0 aliphatic carbocycles. The van der Waals surface area contributed by atoms with E-state index in [0.717, 1.165) is 36.8 Å². The Labute approximate surface area is 178 Å². The number of nitro groups is 1. The van der Waals surface area contributed by atoms with Crippen molar-refractivity contribution in [2.75, 3.05) is 23.3 Å². The molecule has 152 valence electrons. The maximum Gasteiger partial charge on any atom is 0.293 e. The van der Waals surface area contributed by atoms with Crippen LogP contribution in [-0.4, -0.2) is 34.0 Å². The number of nitrogens with one attached hydrogen (secondary N) is 2. The molecule has 0 bridgehead atoms. The lowest BCUT2D eigenvalue weighted by Gasteiger charge is -2.18. The van der Waals surface area contributed by atoms with E-state index in [0.29, 0.717) is 11.4 Å². The van der Waals surface area contributed by atoms with Crippen molar-refractivity contribution in [3.05, 3.63) is 70.4 Å². The second kappa shape index (κ2) is 8.42. The topological polar surface area (TPSA) is 100 Å². The molecule has 30 heavy (non-hydrogen) atoms. The average molecular weight is 421 g/mol. The predicted octanol–water partition coefficient (Wildman–Crippen LogP) is 3.87. The third-order valence-corrected chi connectivity index (χ3v) is 5.21. The molecule has 1 aromatic heterocycles. The molecule has 9 heteroatoms. The lowest BCUT2D eigenvalue weighted by Crippen LogP contribution is -2.34. The third-order valence-electron chi connectivity index (χ3n) is 5.00. The van der Waals surface area contributed by atoms with E-state index in [4.69, 9.17) is 12.2 Å². The normalized spacial score (nSPS) is 13.3. The van der Waals surface area contributed by atoms with E-state index in [2.05, 4.69) is 15.6 Å². The van der Waals surface area contributed by atoms with Crippen LogP contribution in [0, 0.1) is 10.1 Å². The number of hydrogen-bond donors (Lipinski definition) is 2. The fraction of sp³-hybridized carbons (Fsp3) is 0.190. The average Bonchev–Trinajstić information content (AvgIpc) is 3.28. The summed E-state index contributed by atoms with van der Waals surface area (Å²) in [6, 6.07) is 13.8. The Morgan fingerprint density at radius 1 is 1.13 bits per heavy atom. The molecule has 4 rings (SSSR count). The number of thiocarbonyl (C=S) groups is 1. The number of amides is 1. The SMILES string of the molecule is O=C(NC(=S)Nc1cccc2ncccc12)c1ccc(N2CCCC2)c([N+](=O)[O-])c1. The molecule has 0 atom stereocenters. The molecular formula is C21H19N5O3S. The standard InChI is InChI=1S/C21H19N5O3S/c27-20(14-8-9-18(19(13-14)26(28)29)25-11-1-2-12-25)24-21(30)23-17-7-3-6-16-15(17)5-4-10-22-16/h3-10,13H,1-2,11-12H2,(H2,23,24,27,30). The summed E-state index contributed by atoms with van der Waals surface area (Å²) in [5.74, 6) is -0.512. The van der Waals surface area contributed by atoms with Crippen molar-refractivity contribution in [1.82, 2.24) is 10.3 Å². The number of nitro benzene ring substituents is 1. The van der Waals surface area contributed by atoms with Crippen LogP contribution < -0.4 is 15.5 Å². The minimum absolute atomic E-state index is 0.0800. The van der Waals surface area contributed by atoms with Gasteiger partial charge in [-0.05, 0) is 61.5 Å². The fourth-order valence-electron chi connectivity index (χ4n) is 3.58. The van der Waals surface area contributed by atoms with Crippen LogP contribution in [0.2, 0.25) is 0 Å². The van der Waals surface area contributed by atoms with Gasteiger partial charge in [-0.1, -0.05) is 6.07 Å². The molecule has 1 saturated heterocycles. The van der Waals surface area contributed by atoms with Crippen molar-refractivity contribution in [3.8, 4) is 0 Å². The molecular weight excluding hydrogens is 402 g/mol. The summed E-state index contributed by atoms with van der Waals surface area (Å²) in [5, 5.41) is 18.1. The van der Waals surface area contributed by atoms with Crippen LogP contribution in [0.15, 0.2) is 54.7 Å². The Bertz CT molecular complexity index is 1140. The number of benzene rings is 2. The Kier molecular flexibility index (Phi) is 5.53. The second-order valence-corrected chi connectivity index (χ2v) is 7.35. The number of carbonyl (C=O) groups excluding carboxylic acids is 1. The zero-order chi connectivity index (χ0) is 21.1. The summed E-state index contributed by atoms with van der Waals surface area (Å²) < 4.78 is 0. The van der Waals surface area contributed by atoms with Gasteiger partial charge in [-0.2, -0.15) is 0 Å². The molecule has 3 aromatic rings. The highest BCUT2D eigenvalue weighted by Gasteiger charge is 2.24. The van der Waals surface area contributed by atoms with Crippen molar-refractivity contribution in [3.63, 3.8) is 0 Å². The number of aromatic nitrogens is 1. The smallest absolute Gasteiger partial charge is 0.293 e. The van der Waals surface area contributed by atoms with Gasteiger partial charge in [0.25, 0.3) is 11.6 Å². The first-order chi connectivity index (χ1) is 14.5. The Morgan fingerprint density at radius 2 is 1.93 bits per heavy atom. The summed E-state index contributed by atoms with van der Waals surface area (Å²) in [5.41, 5.74) is 2.14. The molecule has 1 aliphatic rings. The summed E-state index contributed by atoms with van der Waals surface area (Å²) in [7, 11) is 0. The highest BCUT2D eigenvalue weighted by Crippen LogP contribution is 2.31. The summed E-state index contributed by atoms with van der Waals surface area (Å²) >= 11 is 5.27. The van der Waals surface area contributed by atoms with E-state index in [1.165, 1.54) is 6.07 Å². The first kappa shape index (κ1) is 19.7. The minimum atomic E-state index is -0.512. The highest BCUT2D eigenvalue weighted by molar-refractivity contribution is 7.80. The largest absolute Gasteiger partial charge is 0.366 e. The number of anilines is 2. The lowest BCUT2D eigenvalue weighted by atomic mass is 10.1. The quantitative estimate of drug-likeness (QED) is 0.375. The highest BCUT2D eigenvalue weighted by atomic mass is 32.1. The number of nitrogens with zero attached hydrogens (tertiary/aromatic N) is 3. The van der Waals surface area contributed by atoms with Gasteiger partial charge in [0.2, 0.25) is 0 Å². The third kappa shape index (κ3) is 4.06. The van der Waals surface area contributed by atoms with Gasteiger partial charge < -0.3 is 10.2 Å². The zero-order valence-electron chi connectivity index (χ0n) is 16.0. The first-order valence-corrected chi connectivity index (χ1v) is 9.93. The maximum absolute atomic E-state index is 12.6. The summed E-state index contributed by atoms with van der Waals surface area (Å²) in [6.07, 6.45) is 3.71. The molecule has 0 radical (unpaired) electrons. The Balaban J connectivity index is 1.51. The molecule has 1 aliphatic heterocycles. The minimum Gasteiger partial charge on any atom is -0.366 e. The zero-order valence-corrected chi connectivity index (χ0v) is 16.8. The predicted molar refractivity (Wildman–Crippen MR) is 120 cm³/mol. The number of fused-ring (bicyclic) bond motifs is 1. The van der Waals surface area contributed by atoms with Gasteiger partial charge in [0.15, 0.2) is 5.11 Å². The molecule has 2 aromatic carbocycles. The van der Waals surface area contributed by atoms with E-state index >= 15 is 0 Å². The Morgan fingerprint density at radius 3 is 2.70 bits per heavy atom. The molecule has 0 saturated carbocycles. The lowest BCUT2D eigenvalue weighted by molar-refractivity contribution is -0.384. The summed E-state index contributed by atoms with van der Waals surface area (Å²) in [6.45, 7) is 1.56. The van der Waals surface area contributed by atoms with Crippen molar-refractivity contribution in [2.24, 2.45) is 0 Å². The van der Waals surface area contributed by atoms with Crippen LogP contribution in [0.25, 0.3) is 10.9 Å². The summed E-state index contributed by atoms with van der Waals surface area (Å²) in [4.78, 5) is 30.0. The molecule has 0 unspecified atom stereocenters. The van der Waals surface area contributed by atoms with Crippen LogP contribution in [0.3, 0.4) is 0 Å². The van der Waals surface area contributed by atoms with E-state index in [9.17, 15) is 14.9 Å². The van der Waals surface area contributed by atoms with Crippen LogP contribution in [0.4, 0.5) is 17.1 Å². The van der Waals surface area contributed by atoms with Crippen LogP contribution >= 0.6 is 12.2 Å². The maximum atomic E-state index is 12.6. The molecule has 8 nitrogen and oxygen atoms in total. The van der Waals surface area contributed by atoms with Crippen molar-refractivity contribution in [2.45, 2.75) is 12.8 Å². The number of rotatable bonds is 4. The van der Waals surface area contributed by atoms with Crippen LogP contribution in [-0.2, 0) is 0 Å². The molecule has 2 N–H and O–H groups in total. The van der Waals surface area contributed by atoms with Gasteiger partial charge in [-0.3, -0.25) is 25.2 Å². The van der Waals surface area contributed by atoms with E-state index in [1.54, 1.807) is 18.3 Å². The van der Waals surface area contributed by atoms with E-state index in [1.807, 2.05) is 35.2 Å². The number of carbonyl (C=O) groups is 1. The van der Waals surface area contributed by atoms with Gasteiger partial charge >= 0.3 is 0 Å².